The Labute approximate surface area is 341 Å². The van der Waals surface area contributed by atoms with E-state index in [9.17, 15) is 0 Å². The Hall–Kier alpha value is -3.52. The Morgan fingerprint density at radius 3 is 1.86 bits per heavy atom. The van der Waals surface area contributed by atoms with Crippen LogP contribution in [0.15, 0.2) is 73.1 Å². The topological polar surface area (TPSA) is 7.76 Å². The van der Waals surface area contributed by atoms with Crippen molar-refractivity contribution >= 4 is 11.8 Å². The lowest BCUT2D eigenvalue weighted by atomic mass is 9.38. The van der Waals surface area contributed by atoms with Crippen LogP contribution < -0.4 is 9.13 Å². The number of aryl methyl sites for hydroxylation is 1. The highest BCUT2D eigenvalue weighted by Crippen LogP contribution is 2.67. The first-order valence-corrected chi connectivity index (χ1v) is 22.3. The fraction of sp³-hybridized carbons (Fsp3) is 0.556. The van der Waals surface area contributed by atoms with Crippen molar-refractivity contribution in [3.8, 4) is 22.5 Å². The zero-order chi connectivity index (χ0) is 40.9. The first-order valence-electron chi connectivity index (χ1n) is 22.3. The predicted molar refractivity (Wildman–Crippen MR) is 239 cm³/mol. The average molecular weight is 751 g/mol. The van der Waals surface area contributed by atoms with Gasteiger partial charge >= 0.3 is 0 Å². The van der Waals surface area contributed by atoms with Crippen molar-refractivity contribution in [2.45, 2.75) is 182 Å². The van der Waals surface area contributed by atoms with Crippen molar-refractivity contribution in [1.82, 2.24) is 0 Å². The van der Waals surface area contributed by atoms with Crippen LogP contribution in [0.3, 0.4) is 0 Å². The van der Waals surface area contributed by atoms with Crippen molar-refractivity contribution in [3.63, 3.8) is 0 Å². The number of hydrogen-bond acceptors (Lipinski definition) is 0. The maximum absolute atomic E-state index is 2.81. The van der Waals surface area contributed by atoms with Gasteiger partial charge in [0.1, 0.15) is 0 Å². The summed E-state index contributed by atoms with van der Waals surface area (Å²) in [6.07, 6.45) is 17.1. The van der Waals surface area contributed by atoms with E-state index in [2.05, 4.69) is 192 Å². The standard InChI is InChI=1S/C54H74N2/c1-16-19-23-28-53(15)51(11,12)44-36-56-46(35-43(44)50(9,10)52(53,13)14)40-34-42-41(48(5,6)29-30-49(42,7)8)32-38(40)33-47(54(56,17-2)18-3)55-31-24-22-27-45(55)39-26-21-20-25-37(39)4/h20-22,24-27,31-36H,16-19,23,28-30H2,1-15H3/q+2. The minimum absolute atomic E-state index is 0.0418. The number of benzene rings is 2. The third kappa shape index (κ3) is 5.61. The van der Waals surface area contributed by atoms with Crippen molar-refractivity contribution in [3.05, 3.63) is 106 Å². The summed E-state index contributed by atoms with van der Waals surface area (Å²) in [4.78, 5) is 0. The van der Waals surface area contributed by atoms with E-state index in [1.807, 2.05) is 0 Å². The van der Waals surface area contributed by atoms with Gasteiger partial charge in [-0.15, -0.1) is 0 Å². The van der Waals surface area contributed by atoms with Gasteiger partial charge in [-0.25, -0.2) is 0 Å². The number of unbranched alkanes of at least 4 members (excludes halogenated alkanes) is 2. The van der Waals surface area contributed by atoms with Crippen LogP contribution in [-0.4, -0.2) is 0 Å². The predicted octanol–water partition coefficient (Wildman–Crippen LogP) is 14.0. The molecule has 4 aromatic rings. The molecule has 2 aliphatic carbocycles. The van der Waals surface area contributed by atoms with Gasteiger partial charge in [0.05, 0.1) is 5.56 Å². The number of nitrogens with zero attached hydrogens (tertiary/aromatic N) is 2. The molecule has 0 amide bonds. The first kappa shape index (κ1) is 40.7. The number of hydrogen-bond donors (Lipinski definition) is 0. The van der Waals surface area contributed by atoms with Crippen molar-refractivity contribution in [2.75, 3.05) is 0 Å². The summed E-state index contributed by atoms with van der Waals surface area (Å²) >= 11 is 0. The van der Waals surface area contributed by atoms with Crippen LogP contribution in [0.25, 0.3) is 34.3 Å². The summed E-state index contributed by atoms with van der Waals surface area (Å²) in [5.74, 6) is 0. The molecule has 2 nitrogen and oxygen atoms in total. The molecular weight excluding hydrogens is 677 g/mol. The lowest BCUT2D eigenvalue weighted by Gasteiger charge is -2.65. The Kier molecular flexibility index (Phi) is 9.82. The van der Waals surface area contributed by atoms with Gasteiger partial charge in [0.15, 0.2) is 12.4 Å². The maximum Gasteiger partial charge on any atom is 0.260 e. The summed E-state index contributed by atoms with van der Waals surface area (Å²) in [5.41, 5.74) is 15.4. The van der Waals surface area contributed by atoms with Gasteiger partial charge in [-0.2, -0.15) is 9.13 Å². The van der Waals surface area contributed by atoms with E-state index in [1.165, 1.54) is 100 Å². The molecule has 0 saturated carbocycles. The third-order valence-electron chi connectivity index (χ3n) is 17.3. The second-order valence-corrected chi connectivity index (χ2v) is 21.3. The Morgan fingerprint density at radius 1 is 0.607 bits per heavy atom. The lowest BCUT2D eigenvalue weighted by molar-refractivity contribution is -0.762. The molecule has 0 radical (unpaired) electrons. The number of fused-ring (bicyclic) bond motifs is 5. The van der Waals surface area contributed by atoms with Crippen LogP contribution in [0.5, 0.6) is 0 Å². The van der Waals surface area contributed by atoms with Gasteiger partial charge in [0.2, 0.25) is 11.4 Å². The van der Waals surface area contributed by atoms with Gasteiger partial charge in [-0.3, -0.25) is 0 Å². The molecule has 298 valence electrons. The van der Waals surface area contributed by atoms with Crippen LogP contribution in [0.2, 0.25) is 0 Å². The molecule has 1 aliphatic heterocycles. The van der Waals surface area contributed by atoms with Gasteiger partial charge in [0.25, 0.3) is 11.2 Å². The van der Waals surface area contributed by atoms with E-state index in [4.69, 9.17) is 0 Å². The summed E-state index contributed by atoms with van der Waals surface area (Å²) in [7, 11) is 0. The zero-order valence-electron chi connectivity index (χ0n) is 38.1. The molecule has 2 aromatic carbocycles. The van der Waals surface area contributed by atoms with Crippen LogP contribution in [0.4, 0.5) is 0 Å². The molecule has 0 spiro atoms. The fourth-order valence-electron chi connectivity index (χ4n) is 11.9. The van der Waals surface area contributed by atoms with Crippen LogP contribution in [-0.2, 0) is 27.2 Å². The maximum atomic E-state index is 2.81. The summed E-state index contributed by atoms with van der Waals surface area (Å²) in [6, 6.07) is 23.7. The van der Waals surface area contributed by atoms with Crippen molar-refractivity contribution < 1.29 is 9.13 Å². The minimum atomic E-state index is -0.301. The van der Waals surface area contributed by atoms with Crippen LogP contribution in [0.1, 0.15) is 182 Å². The van der Waals surface area contributed by atoms with Gasteiger partial charge in [0, 0.05) is 53.7 Å². The SMILES string of the molecule is CCCCCC1(C)C(C)(C)c2c[n+]3c(cc2C(C)(C)C1(C)C)-c1cc2c(cc1C=C([n+]1ccccc1-c1ccccc1C)C3(CC)CC)C(C)(C)CCC2(C)C. The molecule has 0 saturated heterocycles. The Balaban J connectivity index is 1.64. The smallest absolute Gasteiger partial charge is 0.182 e. The first-order chi connectivity index (χ1) is 26.2. The van der Waals surface area contributed by atoms with Gasteiger partial charge in [-0.1, -0.05) is 134 Å². The molecule has 7 rings (SSSR count). The van der Waals surface area contributed by atoms with Crippen molar-refractivity contribution in [1.29, 1.82) is 0 Å². The van der Waals surface area contributed by atoms with E-state index in [-0.39, 0.29) is 38.0 Å². The highest BCUT2D eigenvalue weighted by molar-refractivity contribution is 5.83. The molecule has 2 heteroatoms. The Morgan fingerprint density at radius 2 is 1.23 bits per heavy atom. The number of rotatable bonds is 8. The molecular formula is C54H74N2+2. The molecule has 0 fully saturated rings. The normalized spacial score (nSPS) is 23.2. The molecule has 0 bridgehead atoms. The quantitative estimate of drug-likeness (QED) is 0.125. The summed E-state index contributed by atoms with van der Waals surface area (Å²) < 4.78 is 5.36. The minimum Gasteiger partial charge on any atom is -0.182 e. The highest BCUT2D eigenvalue weighted by Gasteiger charge is 2.64. The summed E-state index contributed by atoms with van der Waals surface area (Å²) in [5, 5.41) is 0. The fourth-order valence-corrected chi connectivity index (χ4v) is 11.9. The number of aromatic nitrogens is 2. The molecule has 1 unspecified atom stereocenters. The number of pyridine rings is 2. The third-order valence-corrected chi connectivity index (χ3v) is 17.3. The molecule has 3 aliphatic rings. The van der Waals surface area contributed by atoms with Crippen LogP contribution in [0, 0.1) is 17.8 Å². The number of allylic oxidation sites excluding steroid dienone is 1. The van der Waals surface area contributed by atoms with Crippen LogP contribution >= 0.6 is 0 Å². The van der Waals surface area contributed by atoms with E-state index in [0.29, 0.717) is 0 Å². The second kappa shape index (κ2) is 13.5. The monoisotopic (exact) mass is 751 g/mol. The van der Waals surface area contributed by atoms with E-state index in [0.717, 1.165) is 12.8 Å². The largest absolute Gasteiger partial charge is 0.260 e. The Bertz CT molecular complexity index is 2200. The average Bonchev–Trinajstić information content (AvgIpc) is 3.27. The molecule has 2 aromatic heterocycles. The van der Waals surface area contributed by atoms with Gasteiger partial charge in [-0.05, 0) is 105 Å². The van der Waals surface area contributed by atoms with E-state index < -0.39 is 0 Å². The zero-order valence-corrected chi connectivity index (χ0v) is 38.1. The van der Waals surface area contributed by atoms with E-state index >= 15 is 0 Å². The molecule has 0 N–H and O–H groups in total. The highest BCUT2D eigenvalue weighted by atomic mass is 15.1. The molecule has 1 atom stereocenters. The summed E-state index contributed by atoms with van der Waals surface area (Å²) in [6.45, 7) is 37.5. The van der Waals surface area contributed by atoms with Crippen molar-refractivity contribution in [2.24, 2.45) is 10.8 Å². The van der Waals surface area contributed by atoms with E-state index in [1.54, 1.807) is 0 Å². The second-order valence-electron chi connectivity index (χ2n) is 21.3. The van der Waals surface area contributed by atoms with Gasteiger partial charge < -0.3 is 0 Å². The lowest BCUT2D eigenvalue weighted by Crippen LogP contribution is -2.65. The molecule has 3 heterocycles. The molecule has 56 heavy (non-hydrogen) atoms.